The van der Waals surface area contributed by atoms with Gasteiger partial charge in [0.1, 0.15) is 58.9 Å². The summed E-state index contributed by atoms with van der Waals surface area (Å²) in [5.74, 6) is -15.1. The summed E-state index contributed by atoms with van der Waals surface area (Å²) in [5.41, 5.74) is -1.98. The molecule has 5 aromatic carbocycles. The molecule has 0 aromatic heterocycles. The number of phenolic OH excluding ortho intramolecular Hbond substituents is 8. The largest absolute Gasteiger partial charge is 0.507 e. The van der Waals surface area contributed by atoms with Gasteiger partial charge in [-0.3, -0.25) is 47.9 Å². The van der Waals surface area contributed by atoms with Gasteiger partial charge in [0.05, 0.1) is 54.2 Å². The molecule has 3 heterocycles. The number of rotatable bonds is 6. The normalized spacial score (nSPS) is 19.9. The number of aromatic hydroxyl groups is 8. The van der Waals surface area contributed by atoms with E-state index in [1.165, 1.54) is 58.9 Å². The summed E-state index contributed by atoms with van der Waals surface area (Å²) in [4.78, 5) is 118. The minimum absolute atomic E-state index is 0.0137. The molecular formula is C66H56O34. The second kappa shape index (κ2) is 27.5. The molecule has 3 aliphatic heterocycles. The minimum atomic E-state index is -1.73. The molecule has 1 fully saturated rings. The lowest BCUT2D eigenvalue weighted by molar-refractivity contribution is -0.277. The van der Waals surface area contributed by atoms with Crippen LogP contribution >= 0.6 is 0 Å². The Morgan fingerprint density at radius 2 is 0.940 bits per heavy atom. The van der Waals surface area contributed by atoms with Crippen LogP contribution in [0.3, 0.4) is 0 Å². The van der Waals surface area contributed by atoms with Gasteiger partial charge in [0, 0.05) is 61.2 Å². The van der Waals surface area contributed by atoms with Crippen LogP contribution in [0.15, 0.2) is 58.6 Å². The maximum atomic E-state index is 12.2. The molecule has 8 aliphatic rings. The average Bonchev–Trinajstić information content (AvgIpc) is 1.28. The Morgan fingerprint density at radius 1 is 0.430 bits per heavy atom. The summed E-state index contributed by atoms with van der Waals surface area (Å²) in [5, 5.41) is 175. The number of carbonyl (C=O) groups excluding carboxylic acids is 10. The van der Waals surface area contributed by atoms with Crippen molar-refractivity contribution in [2.24, 2.45) is 0 Å². The molecule has 1 saturated heterocycles. The zero-order valence-corrected chi connectivity index (χ0v) is 52.2. The fraction of sp³-hybridized carbons (Fsp3) is 0.242. The van der Waals surface area contributed by atoms with Crippen LogP contribution in [0.2, 0.25) is 0 Å². The number of phenols is 8. The third-order valence-electron chi connectivity index (χ3n) is 16.8. The van der Waals surface area contributed by atoms with Gasteiger partial charge in [0.15, 0.2) is 46.0 Å². The molecule has 1 unspecified atom stereocenters. The highest BCUT2D eigenvalue weighted by Gasteiger charge is 2.47. The monoisotopic (exact) mass is 1390 g/mol. The van der Waals surface area contributed by atoms with Gasteiger partial charge >= 0.3 is 0 Å². The van der Waals surface area contributed by atoms with Crippen LogP contribution < -0.4 is 14.2 Å². The molecule has 18 N–H and O–H groups in total. The van der Waals surface area contributed by atoms with Gasteiger partial charge in [0.25, 0.3) is 0 Å². The van der Waals surface area contributed by atoms with Crippen molar-refractivity contribution < 1.29 is 168 Å². The summed E-state index contributed by atoms with van der Waals surface area (Å²) in [6.45, 7) is 4.03. The highest BCUT2D eigenvalue weighted by molar-refractivity contribution is 6.54. The second-order valence-electron chi connectivity index (χ2n) is 22.4. The molecule has 524 valence electrons. The number of carbonyl (C=O) groups is 10. The van der Waals surface area contributed by atoms with Crippen LogP contribution in [-0.2, 0) is 53.2 Å². The maximum Gasteiger partial charge on any atom is 0.237 e. The Balaban J connectivity index is 0.000000147. The van der Waals surface area contributed by atoms with Gasteiger partial charge < -0.3 is 120 Å². The minimum Gasteiger partial charge on any atom is -0.507 e. The molecule has 0 amide bonds. The van der Waals surface area contributed by atoms with Crippen molar-refractivity contribution in [2.75, 3.05) is 20.2 Å². The number of aliphatic hydroxyl groups excluding tert-OH is 10. The smallest absolute Gasteiger partial charge is 0.237 e. The summed E-state index contributed by atoms with van der Waals surface area (Å²) < 4.78 is 30.6. The van der Waals surface area contributed by atoms with Gasteiger partial charge in [0.2, 0.25) is 89.2 Å². The summed E-state index contributed by atoms with van der Waals surface area (Å²) in [7, 11) is 0. The quantitative estimate of drug-likeness (QED) is 0.0652. The Bertz CT molecular complexity index is 4650. The highest BCUT2D eigenvalue weighted by atomic mass is 16.7. The summed E-state index contributed by atoms with van der Waals surface area (Å²) in [6, 6.07) is 5.00. The Labute approximate surface area is 558 Å². The number of hydrogen-bond acceptors (Lipinski definition) is 34. The van der Waals surface area contributed by atoms with Crippen LogP contribution in [-0.4, -0.2) is 201 Å². The molecule has 5 atom stereocenters. The van der Waals surface area contributed by atoms with E-state index < -0.39 is 178 Å². The van der Waals surface area contributed by atoms with E-state index >= 15 is 0 Å². The number of ether oxygens (including phenoxy) is 6. The molecule has 34 heteroatoms. The standard InChI is InChI=1S/C17H18O10.C13H10O6.C13H12O6.C12H8O7.C11H8O5/c1-5-10(19)6-2-3-7(12(21)9(6)14(23)11(5)20)26-17-16(25)15(24)13(22)8(4-18)27-17;1-5-10(15)6-2-8-13(19-4-18-8)7(3-14)9(6)12(17)11(5)16;1-5-11(17)10-8(16)2-6(3-14)7(4-15)9(10)13(19)12(5)18;1-3-6(13)4-5(8(15)7(3)14)10(17)12-11(9(4)16)18-2-19-12;1-4-8(13)5-2-3-6(12)10(15)7(5)11(16)9(4)14/h2-3,8,13,15-19,21-22,24-25H,4H2,1H3;2,14-15H,3-4H2,1H3;2,14-17H,3-4H2,1H3;13-15H,2H2,1H3;2-3,13-14,16H,1H3/t8?,13-,15+,16-,17-;;;;/m1..../s1. The van der Waals surface area contributed by atoms with Gasteiger partial charge in [-0.1, -0.05) is 0 Å². The Hall–Kier alpha value is -12.0. The van der Waals surface area contributed by atoms with Crippen LogP contribution in [0.4, 0.5) is 0 Å². The van der Waals surface area contributed by atoms with Crippen molar-refractivity contribution in [3.63, 3.8) is 0 Å². The first-order valence-corrected chi connectivity index (χ1v) is 29.0. The molecule has 13 rings (SSSR count). The number of benzene rings is 5. The number of aliphatic hydroxyl groups is 10. The first-order valence-electron chi connectivity index (χ1n) is 29.0. The van der Waals surface area contributed by atoms with Crippen molar-refractivity contribution in [3.8, 4) is 63.2 Å². The molecule has 100 heavy (non-hydrogen) atoms. The van der Waals surface area contributed by atoms with Crippen molar-refractivity contribution in [3.05, 3.63) is 142 Å². The van der Waals surface area contributed by atoms with E-state index in [0.717, 1.165) is 12.1 Å². The zero-order chi connectivity index (χ0) is 74.0. The van der Waals surface area contributed by atoms with E-state index in [-0.39, 0.29) is 137 Å². The Morgan fingerprint density at radius 3 is 1.50 bits per heavy atom. The van der Waals surface area contributed by atoms with Crippen molar-refractivity contribution >= 4 is 81.2 Å². The fourth-order valence-electron chi connectivity index (χ4n) is 11.2. The van der Waals surface area contributed by atoms with Crippen LogP contribution in [0.5, 0.6) is 63.2 Å². The molecule has 0 bridgehead atoms. The predicted molar refractivity (Wildman–Crippen MR) is 328 cm³/mol. The van der Waals surface area contributed by atoms with E-state index in [1.54, 1.807) is 0 Å². The van der Waals surface area contributed by atoms with E-state index in [4.69, 9.17) is 33.5 Å². The number of fused-ring (bicyclic) bond motifs is 6. The van der Waals surface area contributed by atoms with Gasteiger partial charge in [-0.15, -0.1) is 0 Å². The molecule has 34 nitrogen and oxygen atoms in total. The van der Waals surface area contributed by atoms with Gasteiger partial charge in [-0.25, -0.2) is 0 Å². The number of allylic oxidation sites excluding steroid dienone is 6. The SMILES string of the molecule is CC1=C(O)c2c(O)cc(CO)c(CO)c2C(=O)C1=O.CC1=C(O)c2cc3c(c(CO)c2C(=O)C1=O)OCO3.CC1=C(O)c2ccc(O[C@@H]3OC(CO)[C@@H](O)[C@H](O)[C@H]3O)c(O)c2C(=O)C1=O.Cc1c(O)c(O)c2c(c1O)C(=O)C1=C(OCO1)C2=O.Cc1c(O)c(O)c2c(c1O)C=CC(=O)C2=O. The van der Waals surface area contributed by atoms with E-state index in [2.05, 4.69) is 0 Å². The van der Waals surface area contributed by atoms with Crippen LogP contribution in [0.1, 0.15) is 133 Å². The van der Waals surface area contributed by atoms with Gasteiger partial charge in [-0.05, 0) is 82.2 Å². The van der Waals surface area contributed by atoms with Crippen molar-refractivity contribution in [2.45, 2.75) is 85.1 Å². The maximum absolute atomic E-state index is 12.2. The lowest BCUT2D eigenvalue weighted by Crippen LogP contribution is -2.60. The molecular weight excluding hydrogens is 1340 g/mol. The number of ketones is 10. The summed E-state index contributed by atoms with van der Waals surface area (Å²) >= 11 is 0. The van der Waals surface area contributed by atoms with Crippen molar-refractivity contribution in [1.29, 1.82) is 0 Å². The van der Waals surface area contributed by atoms with E-state index in [0.29, 0.717) is 5.75 Å². The first-order chi connectivity index (χ1) is 47.1. The van der Waals surface area contributed by atoms with E-state index in [1.807, 2.05) is 0 Å². The fourth-order valence-corrected chi connectivity index (χ4v) is 11.2. The van der Waals surface area contributed by atoms with Crippen LogP contribution in [0, 0.1) is 13.8 Å². The number of Topliss-reactive ketones (excluding diaryl/α,β-unsaturated/α-hetero) is 9. The molecule has 5 aliphatic carbocycles. The second-order valence-corrected chi connectivity index (χ2v) is 22.4. The lowest BCUT2D eigenvalue weighted by atomic mass is 9.84. The Kier molecular flexibility index (Phi) is 19.9. The molecule has 0 radical (unpaired) electrons. The first kappa shape index (κ1) is 72.3. The van der Waals surface area contributed by atoms with Crippen molar-refractivity contribution in [1.82, 2.24) is 0 Å². The highest BCUT2D eigenvalue weighted by Crippen LogP contribution is 2.49. The third kappa shape index (κ3) is 11.7. The number of hydrogen-bond donors (Lipinski definition) is 18. The molecule has 0 saturated carbocycles. The topological polar surface area (TPSA) is 590 Å². The summed E-state index contributed by atoms with van der Waals surface area (Å²) in [6.07, 6.45) is -5.59. The predicted octanol–water partition coefficient (Wildman–Crippen LogP) is 1.62. The zero-order valence-electron chi connectivity index (χ0n) is 52.2. The lowest BCUT2D eigenvalue weighted by Gasteiger charge is -2.39. The van der Waals surface area contributed by atoms with Gasteiger partial charge in [-0.2, -0.15) is 0 Å². The van der Waals surface area contributed by atoms with Crippen LogP contribution in [0.25, 0.3) is 23.4 Å². The molecule has 5 aromatic rings. The average molecular weight is 1390 g/mol. The molecule has 0 spiro atoms. The third-order valence-corrected chi connectivity index (χ3v) is 16.8. The van der Waals surface area contributed by atoms with E-state index in [9.17, 15) is 135 Å².